The topological polar surface area (TPSA) is 116 Å². The summed E-state index contributed by atoms with van der Waals surface area (Å²) in [6.45, 7) is 2.41. The largest absolute Gasteiger partial charge is 0.495 e. The Bertz CT molecular complexity index is 1010. The molecule has 0 atom stereocenters. The number of non-ortho nitro benzene ring substituents is 1. The summed E-state index contributed by atoms with van der Waals surface area (Å²) in [7, 11) is -3.16. The minimum Gasteiger partial charge on any atom is -0.495 e. The number of carbonyl (C=O) groups excluding carboxylic acids is 1. The molecule has 0 aliphatic carbocycles. The van der Waals surface area contributed by atoms with Gasteiger partial charge in [0.2, 0.25) is 0 Å². The smallest absolute Gasteiger partial charge is 0.327 e. The fourth-order valence-electron chi connectivity index (χ4n) is 2.44. The molecule has 11 heteroatoms. The molecule has 0 bridgehead atoms. The third-order valence-electron chi connectivity index (χ3n) is 3.68. The van der Waals surface area contributed by atoms with Gasteiger partial charge in [-0.2, -0.15) is 0 Å². The van der Waals surface area contributed by atoms with Gasteiger partial charge in [0.25, 0.3) is 15.7 Å². The van der Waals surface area contributed by atoms with Gasteiger partial charge in [0.05, 0.1) is 23.0 Å². The Morgan fingerprint density at radius 2 is 1.83 bits per heavy atom. The van der Waals surface area contributed by atoms with Crippen LogP contribution in [0.2, 0.25) is 0 Å². The zero-order valence-corrected chi connectivity index (χ0v) is 16.7. The van der Waals surface area contributed by atoms with E-state index in [1.54, 1.807) is 13.8 Å². The minimum atomic E-state index is -4.41. The van der Waals surface area contributed by atoms with Crippen molar-refractivity contribution in [1.29, 1.82) is 0 Å². The first kappa shape index (κ1) is 22.1. The van der Waals surface area contributed by atoms with Gasteiger partial charge in [0.1, 0.15) is 23.8 Å². The van der Waals surface area contributed by atoms with Crippen LogP contribution in [0.3, 0.4) is 0 Å². The third-order valence-corrected chi connectivity index (χ3v) is 5.46. The third kappa shape index (κ3) is 5.19. The summed E-state index contributed by atoms with van der Waals surface area (Å²) >= 11 is 0. The standard InChI is InChI=1S/C18H19FN2O7S/c1-12(2)28-18(22)11-20(29(25,26)15-7-4-13(19)5-8-15)16-10-14(21(23)24)6-9-17(16)27-3/h4-10,12H,11H2,1-3H3. The number of halogens is 1. The van der Waals surface area contributed by atoms with Crippen molar-refractivity contribution in [2.75, 3.05) is 18.0 Å². The summed E-state index contributed by atoms with van der Waals surface area (Å²) in [5.74, 6) is -1.54. The summed E-state index contributed by atoms with van der Waals surface area (Å²) in [6.07, 6.45) is -0.509. The quantitative estimate of drug-likeness (QED) is 0.362. The van der Waals surface area contributed by atoms with Gasteiger partial charge in [0.15, 0.2) is 0 Å². The van der Waals surface area contributed by atoms with E-state index in [1.165, 1.54) is 13.2 Å². The molecule has 2 aromatic carbocycles. The molecule has 0 amide bonds. The molecule has 0 fully saturated rings. The van der Waals surface area contributed by atoms with Crippen molar-refractivity contribution in [2.24, 2.45) is 0 Å². The maximum absolute atomic E-state index is 13.2. The zero-order valence-electron chi connectivity index (χ0n) is 15.9. The van der Waals surface area contributed by atoms with Gasteiger partial charge in [-0.15, -0.1) is 0 Å². The van der Waals surface area contributed by atoms with E-state index in [-0.39, 0.29) is 16.3 Å². The summed E-state index contributed by atoms with van der Waals surface area (Å²) in [4.78, 5) is 22.4. The summed E-state index contributed by atoms with van der Waals surface area (Å²) in [5, 5.41) is 11.2. The highest BCUT2D eigenvalue weighted by Crippen LogP contribution is 2.35. The molecule has 2 rings (SSSR count). The number of nitro benzene ring substituents is 1. The van der Waals surface area contributed by atoms with Crippen LogP contribution in [-0.4, -0.2) is 39.1 Å². The molecule has 0 N–H and O–H groups in total. The minimum absolute atomic E-state index is 0.0152. The fourth-order valence-corrected chi connectivity index (χ4v) is 3.85. The van der Waals surface area contributed by atoms with E-state index in [0.717, 1.165) is 36.4 Å². The van der Waals surface area contributed by atoms with Crippen molar-refractivity contribution in [3.05, 3.63) is 58.4 Å². The number of benzene rings is 2. The average molecular weight is 426 g/mol. The Kier molecular flexibility index (Phi) is 6.75. The molecule has 156 valence electrons. The van der Waals surface area contributed by atoms with Crippen LogP contribution in [0.5, 0.6) is 5.75 Å². The first-order chi connectivity index (χ1) is 13.6. The number of ether oxygens (including phenoxy) is 2. The van der Waals surface area contributed by atoms with Gasteiger partial charge >= 0.3 is 5.97 Å². The Morgan fingerprint density at radius 1 is 1.21 bits per heavy atom. The molecule has 0 saturated carbocycles. The SMILES string of the molecule is COc1ccc([N+](=O)[O-])cc1N(CC(=O)OC(C)C)S(=O)(=O)c1ccc(F)cc1. The van der Waals surface area contributed by atoms with Crippen molar-refractivity contribution in [3.63, 3.8) is 0 Å². The number of rotatable bonds is 8. The number of esters is 1. The second-order valence-electron chi connectivity index (χ2n) is 6.12. The second kappa shape index (κ2) is 8.86. The van der Waals surface area contributed by atoms with Crippen LogP contribution in [0.4, 0.5) is 15.8 Å². The molecule has 0 aromatic heterocycles. The molecule has 29 heavy (non-hydrogen) atoms. The van der Waals surface area contributed by atoms with Gasteiger partial charge in [-0.3, -0.25) is 19.2 Å². The van der Waals surface area contributed by atoms with E-state index in [0.29, 0.717) is 4.31 Å². The lowest BCUT2D eigenvalue weighted by atomic mass is 10.2. The molecule has 0 saturated heterocycles. The molecule has 9 nitrogen and oxygen atoms in total. The Balaban J connectivity index is 2.65. The average Bonchev–Trinajstić information content (AvgIpc) is 2.65. The summed E-state index contributed by atoms with van der Waals surface area (Å²) in [5.41, 5.74) is -0.635. The predicted octanol–water partition coefficient (Wildman–Crippen LogP) is 2.89. The van der Waals surface area contributed by atoms with Crippen molar-refractivity contribution in [1.82, 2.24) is 0 Å². The number of carbonyl (C=O) groups is 1. The molecule has 0 spiro atoms. The van der Waals surface area contributed by atoms with Gasteiger partial charge < -0.3 is 9.47 Å². The van der Waals surface area contributed by atoms with Crippen LogP contribution in [-0.2, 0) is 19.6 Å². The van der Waals surface area contributed by atoms with Crippen molar-refractivity contribution >= 4 is 27.4 Å². The number of hydrogen-bond acceptors (Lipinski definition) is 7. The van der Waals surface area contributed by atoms with Crippen molar-refractivity contribution in [2.45, 2.75) is 24.8 Å². The van der Waals surface area contributed by atoms with Crippen LogP contribution in [0, 0.1) is 15.9 Å². The van der Waals surface area contributed by atoms with E-state index in [4.69, 9.17) is 9.47 Å². The lowest BCUT2D eigenvalue weighted by Gasteiger charge is -2.25. The number of hydrogen-bond donors (Lipinski definition) is 0. The second-order valence-corrected chi connectivity index (χ2v) is 7.98. The van der Waals surface area contributed by atoms with Crippen molar-refractivity contribution in [3.8, 4) is 5.75 Å². The van der Waals surface area contributed by atoms with Crippen LogP contribution in [0.15, 0.2) is 47.4 Å². The Hall–Kier alpha value is -3.21. The van der Waals surface area contributed by atoms with E-state index in [2.05, 4.69) is 0 Å². The van der Waals surface area contributed by atoms with Gasteiger partial charge in [-0.1, -0.05) is 0 Å². The normalized spacial score (nSPS) is 11.2. The molecule has 0 unspecified atom stereocenters. The molecule has 0 aliphatic rings. The Labute approximate surface area is 166 Å². The molecule has 2 aromatic rings. The molecule has 0 radical (unpaired) electrons. The van der Waals surface area contributed by atoms with E-state index < -0.39 is 45.1 Å². The van der Waals surface area contributed by atoms with Crippen LogP contribution >= 0.6 is 0 Å². The summed E-state index contributed by atoms with van der Waals surface area (Å²) < 4.78 is 50.4. The predicted molar refractivity (Wildman–Crippen MR) is 102 cm³/mol. The lowest BCUT2D eigenvalue weighted by molar-refractivity contribution is -0.384. The van der Waals surface area contributed by atoms with Crippen LogP contribution < -0.4 is 9.04 Å². The fraction of sp³-hybridized carbons (Fsp3) is 0.278. The molecule has 0 heterocycles. The number of nitro groups is 1. The zero-order chi connectivity index (χ0) is 21.8. The molecule has 0 aliphatic heterocycles. The van der Waals surface area contributed by atoms with E-state index in [1.807, 2.05) is 0 Å². The highest BCUT2D eigenvalue weighted by Gasteiger charge is 2.31. The Morgan fingerprint density at radius 3 is 2.34 bits per heavy atom. The summed E-state index contributed by atoms with van der Waals surface area (Å²) in [6, 6.07) is 7.27. The number of anilines is 1. The van der Waals surface area contributed by atoms with E-state index in [9.17, 15) is 27.7 Å². The molecular weight excluding hydrogens is 407 g/mol. The molecular formula is C18H19FN2O7S. The highest BCUT2D eigenvalue weighted by atomic mass is 32.2. The maximum atomic E-state index is 13.2. The van der Waals surface area contributed by atoms with Crippen molar-refractivity contribution < 1.29 is 32.0 Å². The van der Waals surface area contributed by atoms with Gasteiger partial charge in [0, 0.05) is 12.1 Å². The van der Waals surface area contributed by atoms with Gasteiger partial charge in [-0.25, -0.2) is 12.8 Å². The first-order valence-corrected chi connectivity index (χ1v) is 9.80. The lowest BCUT2D eigenvalue weighted by Crippen LogP contribution is -2.37. The van der Waals surface area contributed by atoms with Crippen LogP contribution in [0.1, 0.15) is 13.8 Å². The monoisotopic (exact) mass is 426 g/mol. The first-order valence-electron chi connectivity index (χ1n) is 8.36. The maximum Gasteiger partial charge on any atom is 0.327 e. The number of methoxy groups -OCH3 is 1. The number of nitrogens with zero attached hydrogens (tertiary/aromatic N) is 2. The van der Waals surface area contributed by atoms with E-state index >= 15 is 0 Å². The highest BCUT2D eigenvalue weighted by molar-refractivity contribution is 7.92. The number of sulfonamides is 1. The van der Waals surface area contributed by atoms with Gasteiger partial charge in [-0.05, 0) is 44.2 Å². The van der Waals surface area contributed by atoms with Crippen LogP contribution in [0.25, 0.3) is 0 Å².